The van der Waals surface area contributed by atoms with E-state index in [2.05, 4.69) is 20.8 Å². The van der Waals surface area contributed by atoms with Gasteiger partial charge < -0.3 is 9.47 Å². The van der Waals surface area contributed by atoms with Crippen LogP contribution in [0.4, 0.5) is 5.13 Å². The van der Waals surface area contributed by atoms with Gasteiger partial charge in [0.05, 0.1) is 24.5 Å². The average Bonchev–Trinajstić information content (AvgIpc) is 3.20. The second-order valence-corrected chi connectivity index (χ2v) is 8.87. The first-order chi connectivity index (χ1) is 14.7. The van der Waals surface area contributed by atoms with Gasteiger partial charge in [0.2, 0.25) is 0 Å². The number of morpholine rings is 1. The Balaban J connectivity index is 1.65. The minimum atomic E-state index is -0.0484. The van der Waals surface area contributed by atoms with Crippen LogP contribution in [0.3, 0.4) is 0 Å². The zero-order valence-corrected chi connectivity index (χ0v) is 19.2. The molecule has 1 saturated heterocycles. The van der Waals surface area contributed by atoms with Crippen molar-refractivity contribution in [2.24, 2.45) is 0 Å². The number of para-hydroxylation sites is 1. The average molecular weight is 490 g/mol. The number of thiazole rings is 1. The third kappa shape index (κ3) is 4.83. The number of carbonyl (C=O) groups is 1. The minimum absolute atomic E-state index is 0.0484. The predicted molar refractivity (Wildman–Crippen MR) is 124 cm³/mol. The summed E-state index contributed by atoms with van der Waals surface area (Å²) in [6.45, 7) is 7.11. The molecule has 2 heterocycles. The van der Waals surface area contributed by atoms with Crippen LogP contribution in [0.5, 0.6) is 5.75 Å². The summed E-state index contributed by atoms with van der Waals surface area (Å²) < 4.78 is 13.1. The second-order valence-electron chi connectivity index (χ2n) is 6.95. The number of carbonyl (C=O) groups excluding carboxylic acids is 1. The van der Waals surface area contributed by atoms with Crippen molar-refractivity contribution in [3.05, 3.63) is 52.5 Å². The Labute approximate surface area is 188 Å². The number of ether oxygens (including phenoxy) is 2. The fourth-order valence-corrected chi connectivity index (χ4v) is 4.67. The molecule has 1 aromatic heterocycles. The molecule has 0 spiro atoms. The number of benzene rings is 2. The normalized spacial score (nSPS) is 14.7. The molecule has 158 valence electrons. The monoisotopic (exact) mass is 489 g/mol. The quantitative estimate of drug-likeness (QED) is 0.491. The van der Waals surface area contributed by atoms with Crippen molar-refractivity contribution in [1.29, 1.82) is 0 Å². The molecule has 30 heavy (non-hydrogen) atoms. The molecular weight excluding hydrogens is 466 g/mol. The van der Waals surface area contributed by atoms with Crippen molar-refractivity contribution in [3.8, 4) is 5.75 Å². The fraction of sp³-hybridized carbons (Fsp3) is 0.364. The Morgan fingerprint density at radius 3 is 2.73 bits per heavy atom. The van der Waals surface area contributed by atoms with E-state index in [0.29, 0.717) is 23.8 Å². The lowest BCUT2D eigenvalue weighted by Crippen LogP contribution is -2.43. The molecule has 1 amide bonds. The molecule has 0 bridgehead atoms. The number of anilines is 1. The minimum Gasteiger partial charge on any atom is -0.492 e. The van der Waals surface area contributed by atoms with Crippen molar-refractivity contribution < 1.29 is 14.3 Å². The number of rotatable bonds is 7. The maximum Gasteiger partial charge on any atom is 0.260 e. The first kappa shape index (κ1) is 21.2. The summed E-state index contributed by atoms with van der Waals surface area (Å²) in [5, 5.41) is 0.693. The van der Waals surface area contributed by atoms with E-state index >= 15 is 0 Å². The summed E-state index contributed by atoms with van der Waals surface area (Å²) >= 11 is 4.96. The van der Waals surface area contributed by atoms with Crippen LogP contribution in [0.2, 0.25) is 0 Å². The maximum atomic E-state index is 13.4. The number of hydrogen-bond donors (Lipinski definition) is 0. The van der Waals surface area contributed by atoms with E-state index in [1.807, 2.05) is 49.4 Å². The van der Waals surface area contributed by atoms with Gasteiger partial charge in [0.1, 0.15) is 11.3 Å². The molecular formula is C22H24BrN3O3S. The summed E-state index contributed by atoms with van der Waals surface area (Å²) in [6.07, 6.45) is 0. The highest BCUT2D eigenvalue weighted by atomic mass is 79.9. The molecule has 1 fully saturated rings. The van der Waals surface area contributed by atoms with Gasteiger partial charge in [-0.1, -0.05) is 33.3 Å². The Hall–Kier alpha value is -2.00. The Morgan fingerprint density at radius 2 is 2.00 bits per heavy atom. The third-order valence-electron chi connectivity index (χ3n) is 4.98. The van der Waals surface area contributed by atoms with Gasteiger partial charge in [0, 0.05) is 36.2 Å². The van der Waals surface area contributed by atoms with Crippen molar-refractivity contribution in [3.63, 3.8) is 0 Å². The van der Waals surface area contributed by atoms with Crippen molar-refractivity contribution in [1.82, 2.24) is 9.88 Å². The van der Waals surface area contributed by atoms with E-state index in [1.165, 1.54) is 11.3 Å². The Morgan fingerprint density at radius 1 is 1.23 bits per heavy atom. The summed E-state index contributed by atoms with van der Waals surface area (Å²) in [5.41, 5.74) is 1.45. The van der Waals surface area contributed by atoms with Crippen LogP contribution in [0, 0.1) is 0 Å². The first-order valence-electron chi connectivity index (χ1n) is 10.1. The summed E-state index contributed by atoms with van der Waals surface area (Å²) in [7, 11) is 0. The Bertz CT molecular complexity index is 1000. The highest BCUT2D eigenvalue weighted by Gasteiger charge is 2.23. The highest BCUT2D eigenvalue weighted by Crippen LogP contribution is 2.34. The smallest absolute Gasteiger partial charge is 0.260 e. The summed E-state index contributed by atoms with van der Waals surface area (Å²) in [4.78, 5) is 22.3. The molecule has 0 unspecified atom stereocenters. The molecule has 0 radical (unpaired) electrons. The van der Waals surface area contributed by atoms with Crippen molar-refractivity contribution in [2.45, 2.75) is 6.92 Å². The van der Waals surface area contributed by atoms with E-state index in [9.17, 15) is 4.79 Å². The van der Waals surface area contributed by atoms with Crippen LogP contribution in [0.25, 0.3) is 10.2 Å². The van der Waals surface area contributed by atoms with Gasteiger partial charge in [-0.25, -0.2) is 4.98 Å². The zero-order chi connectivity index (χ0) is 20.9. The van der Waals surface area contributed by atoms with Gasteiger partial charge in [0.15, 0.2) is 5.13 Å². The standard InChI is InChI=1S/C22H24BrN3O3S/c1-2-29-18-4-3-5-19-20(18)24-22(30-19)26(11-10-25-12-14-28-15-13-25)21(27)16-6-8-17(23)9-7-16/h3-9H,2,10-15H2,1H3. The van der Waals surface area contributed by atoms with Crippen LogP contribution in [0.15, 0.2) is 46.9 Å². The number of nitrogens with zero attached hydrogens (tertiary/aromatic N) is 3. The number of halogens is 1. The van der Waals surface area contributed by atoms with Crippen LogP contribution in [0.1, 0.15) is 17.3 Å². The van der Waals surface area contributed by atoms with E-state index < -0.39 is 0 Å². The molecule has 2 aromatic carbocycles. The molecule has 8 heteroatoms. The second kappa shape index (κ2) is 9.87. The van der Waals surface area contributed by atoms with E-state index in [4.69, 9.17) is 14.5 Å². The van der Waals surface area contributed by atoms with Gasteiger partial charge in [-0.15, -0.1) is 0 Å². The molecule has 6 nitrogen and oxygen atoms in total. The number of aromatic nitrogens is 1. The Kier molecular flexibility index (Phi) is 6.99. The summed E-state index contributed by atoms with van der Waals surface area (Å²) in [5.74, 6) is 0.703. The topological polar surface area (TPSA) is 54.9 Å². The highest BCUT2D eigenvalue weighted by molar-refractivity contribution is 9.10. The van der Waals surface area contributed by atoms with Gasteiger partial charge in [-0.05, 0) is 43.3 Å². The van der Waals surface area contributed by atoms with Crippen LogP contribution in [-0.2, 0) is 4.74 Å². The van der Waals surface area contributed by atoms with E-state index in [1.54, 1.807) is 4.90 Å². The third-order valence-corrected chi connectivity index (χ3v) is 6.55. The van der Waals surface area contributed by atoms with E-state index in [-0.39, 0.29) is 5.91 Å². The number of fused-ring (bicyclic) bond motifs is 1. The van der Waals surface area contributed by atoms with Crippen LogP contribution >= 0.6 is 27.3 Å². The molecule has 1 aliphatic rings. The van der Waals surface area contributed by atoms with Crippen LogP contribution < -0.4 is 9.64 Å². The van der Waals surface area contributed by atoms with Crippen molar-refractivity contribution >= 4 is 48.5 Å². The largest absolute Gasteiger partial charge is 0.492 e. The molecule has 0 N–H and O–H groups in total. The zero-order valence-electron chi connectivity index (χ0n) is 16.8. The van der Waals surface area contributed by atoms with Crippen LogP contribution in [-0.4, -0.2) is 61.8 Å². The summed E-state index contributed by atoms with van der Waals surface area (Å²) in [6, 6.07) is 13.4. The van der Waals surface area contributed by atoms with Gasteiger partial charge in [-0.2, -0.15) is 0 Å². The lowest BCUT2D eigenvalue weighted by Gasteiger charge is -2.29. The molecule has 0 saturated carbocycles. The predicted octanol–water partition coefficient (Wildman–Crippen LogP) is 4.44. The lowest BCUT2D eigenvalue weighted by molar-refractivity contribution is 0.0391. The molecule has 0 aliphatic carbocycles. The molecule has 4 rings (SSSR count). The number of hydrogen-bond acceptors (Lipinski definition) is 6. The fourth-order valence-electron chi connectivity index (χ4n) is 3.40. The van der Waals surface area contributed by atoms with Crippen molar-refractivity contribution in [2.75, 3.05) is 50.9 Å². The molecule has 3 aromatic rings. The maximum absolute atomic E-state index is 13.4. The SMILES string of the molecule is CCOc1cccc2sc(N(CCN3CCOCC3)C(=O)c3ccc(Br)cc3)nc12. The molecule has 1 aliphatic heterocycles. The molecule has 0 atom stereocenters. The van der Waals surface area contributed by atoms with E-state index in [0.717, 1.165) is 53.3 Å². The van der Waals surface area contributed by atoms with Gasteiger partial charge >= 0.3 is 0 Å². The number of amides is 1. The van der Waals surface area contributed by atoms with Gasteiger partial charge in [0.25, 0.3) is 5.91 Å². The first-order valence-corrected chi connectivity index (χ1v) is 11.7. The van der Waals surface area contributed by atoms with Gasteiger partial charge in [-0.3, -0.25) is 14.6 Å². The lowest BCUT2D eigenvalue weighted by atomic mass is 10.2.